The number of ether oxygens (including phenoxy) is 3. The summed E-state index contributed by atoms with van der Waals surface area (Å²) >= 11 is 12.6. The fourth-order valence-electron chi connectivity index (χ4n) is 2.88. The molecule has 2 aromatic carbocycles. The predicted molar refractivity (Wildman–Crippen MR) is 138 cm³/mol. The Kier molecular flexibility index (Phi) is 15.3. The average Bonchev–Trinajstić information content (AvgIpc) is 2.76. The number of benzene rings is 2. The van der Waals surface area contributed by atoms with Gasteiger partial charge in [-0.25, -0.2) is 0 Å². The largest absolute Gasteiger partial charge is 1.00 e. The van der Waals surface area contributed by atoms with Crippen LogP contribution in [0.25, 0.3) is 0 Å². The molecule has 2 rings (SSSR count). The maximum atomic E-state index is 13.2. The van der Waals surface area contributed by atoms with Crippen LogP contribution in [0.15, 0.2) is 30.3 Å². The number of carbonyl (C=O) groups is 1. The fourth-order valence-corrected chi connectivity index (χ4v) is 4.76. The maximum absolute atomic E-state index is 13.2. The van der Waals surface area contributed by atoms with Gasteiger partial charge in [-0.2, -0.15) is 0 Å². The van der Waals surface area contributed by atoms with Crippen molar-refractivity contribution in [3.8, 4) is 17.2 Å². The molecule has 0 fully saturated rings. The molecule has 0 N–H and O–H groups in total. The maximum Gasteiger partial charge on any atom is 1.00 e. The predicted octanol–water partition coefficient (Wildman–Crippen LogP) is 4.79. The van der Waals surface area contributed by atoms with Crippen molar-refractivity contribution in [3.05, 3.63) is 45.9 Å². The van der Waals surface area contributed by atoms with E-state index in [0.717, 1.165) is 43.8 Å². The second-order valence-electron chi connectivity index (χ2n) is 7.45. The van der Waals surface area contributed by atoms with E-state index in [0.29, 0.717) is 52.7 Å². The van der Waals surface area contributed by atoms with Gasteiger partial charge in [-0.05, 0) is 40.0 Å². The molecule has 1 atom stereocenters. The van der Waals surface area contributed by atoms with Crippen LogP contribution in [0.4, 0.5) is 0 Å². The normalized spacial score (nSPS) is 10.8. The summed E-state index contributed by atoms with van der Waals surface area (Å²) in [5, 5.41) is 1.41. The molecule has 0 aromatic heterocycles. The topological polar surface area (TPSA) is 44.8 Å². The Labute approximate surface area is 223 Å². The Morgan fingerprint density at radius 2 is 1.30 bits per heavy atom. The summed E-state index contributed by atoms with van der Waals surface area (Å²) in [7, 11) is -0.245. The van der Waals surface area contributed by atoms with E-state index in [2.05, 4.69) is 20.8 Å². The molecule has 0 bridgehead atoms. The van der Waals surface area contributed by atoms with Gasteiger partial charge < -0.3 is 15.6 Å². The molecule has 0 saturated carbocycles. The molecule has 0 spiro atoms. The minimum atomic E-state index is -0.245. The van der Waals surface area contributed by atoms with Crippen molar-refractivity contribution >= 4 is 42.6 Å². The SMILES string of the molecule is CCCCOc1cc(OCCCC)c(PC(=O)c2c(Cl)cccc2Cl)c(OCCCC)c1.[H-].[Li+]. The van der Waals surface area contributed by atoms with Crippen molar-refractivity contribution in [2.24, 2.45) is 0 Å². The summed E-state index contributed by atoms with van der Waals surface area (Å²) in [5.41, 5.74) is 0.178. The molecule has 2 aromatic rings. The zero-order chi connectivity index (χ0) is 23.3. The van der Waals surface area contributed by atoms with Gasteiger partial charge in [0.2, 0.25) is 0 Å². The Bertz CT molecular complexity index is 835. The third-order valence-corrected chi connectivity index (χ3v) is 6.60. The molecule has 0 saturated heterocycles. The molecule has 178 valence electrons. The van der Waals surface area contributed by atoms with Gasteiger partial charge in [-0.15, -0.1) is 0 Å². The van der Waals surface area contributed by atoms with Crippen molar-refractivity contribution in [1.29, 1.82) is 0 Å². The number of hydrogen-bond donors (Lipinski definition) is 0. The first kappa shape index (κ1) is 30.1. The molecule has 0 heterocycles. The van der Waals surface area contributed by atoms with Crippen LogP contribution in [-0.2, 0) is 0 Å². The standard InChI is InChI=1S/C25H33Cl2O4P.Li.H/c1-4-7-13-29-18-16-21(30-14-8-5-2)24(22(17-18)31-15-9-6-3)32-25(28)23-19(26)11-10-12-20(23)27;;/h10-12,16-17,32H,4-9,13-15H2,1-3H3;;/q;+1;-1. The quantitative estimate of drug-likeness (QED) is 0.198. The van der Waals surface area contributed by atoms with Crippen molar-refractivity contribution in [3.63, 3.8) is 0 Å². The number of halogens is 2. The third kappa shape index (κ3) is 9.71. The molecule has 4 nitrogen and oxygen atoms in total. The van der Waals surface area contributed by atoms with Crippen LogP contribution in [0.2, 0.25) is 10.0 Å². The fraction of sp³-hybridized carbons (Fsp3) is 0.480. The van der Waals surface area contributed by atoms with Gasteiger partial charge in [0.05, 0.1) is 40.7 Å². The van der Waals surface area contributed by atoms with Gasteiger partial charge >= 0.3 is 18.9 Å². The minimum Gasteiger partial charge on any atom is -1.00 e. The van der Waals surface area contributed by atoms with Crippen molar-refractivity contribution in [2.75, 3.05) is 19.8 Å². The van der Waals surface area contributed by atoms with Crippen LogP contribution in [0, 0.1) is 0 Å². The van der Waals surface area contributed by atoms with E-state index in [-0.39, 0.29) is 34.4 Å². The summed E-state index contributed by atoms with van der Waals surface area (Å²) in [6.45, 7) is 8.08. The Morgan fingerprint density at radius 3 is 1.76 bits per heavy atom. The third-order valence-electron chi connectivity index (χ3n) is 4.75. The second kappa shape index (κ2) is 16.7. The zero-order valence-electron chi connectivity index (χ0n) is 21.1. The Morgan fingerprint density at radius 1 is 0.848 bits per heavy atom. The summed E-state index contributed by atoms with van der Waals surface area (Å²) < 4.78 is 18.1. The molecule has 33 heavy (non-hydrogen) atoms. The molecule has 0 aliphatic carbocycles. The number of unbranched alkanes of at least 4 members (excludes halogenated alkanes) is 3. The average molecular weight is 507 g/mol. The first-order valence-corrected chi connectivity index (χ1v) is 13.1. The van der Waals surface area contributed by atoms with Gasteiger partial charge in [-0.3, -0.25) is 4.79 Å². The van der Waals surface area contributed by atoms with E-state index < -0.39 is 0 Å². The van der Waals surface area contributed by atoms with E-state index in [1.807, 2.05) is 12.1 Å². The van der Waals surface area contributed by atoms with E-state index in [9.17, 15) is 4.79 Å². The summed E-state index contributed by atoms with van der Waals surface area (Å²) in [6.07, 6.45) is 5.87. The zero-order valence-corrected chi connectivity index (χ0v) is 22.7. The first-order chi connectivity index (χ1) is 15.5. The molecule has 0 aliphatic heterocycles. The van der Waals surface area contributed by atoms with E-state index >= 15 is 0 Å². The molecule has 0 amide bonds. The Hall–Kier alpha value is -0.883. The van der Waals surface area contributed by atoms with Crippen molar-refractivity contribution in [2.45, 2.75) is 59.3 Å². The number of rotatable bonds is 15. The van der Waals surface area contributed by atoms with Crippen molar-refractivity contribution < 1.29 is 39.3 Å². The monoisotopic (exact) mass is 506 g/mol. The molecular formula is C25H34Cl2LiO4P. The van der Waals surface area contributed by atoms with Gasteiger partial charge in [0.15, 0.2) is 5.52 Å². The van der Waals surface area contributed by atoms with Crippen LogP contribution in [0.5, 0.6) is 17.2 Å². The molecular weight excluding hydrogens is 473 g/mol. The number of hydrogen-bond acceptors (Lipinski definition) is 4. The molecule has 0 radical (unpaired) electrons. The van der Waals surface area contributed by atoms with Gasteiger partial charge in [0, 0.05) is 12.1 Å². The van der Waals surface area contributed by atoms with E-state index in [1.54, 1.807) is 18.2 Å². The number of carbonyl (C=O) groups excluding carboxylic acids is 1. The summed E-state index contributed by atoms with van der Waals surface area (Å²) in [4.78, 5) is 13.2. The van der Waals surface area contributed by atoms with Gasteiger partial charge in [0.25, 0.3) is 0 Å². The van der Waals surface area contributed by atoms with Crippen LogP contribution in [0.3, 0.4) is 0 Å². The van der Waals surface area contributed by atoms with E-state index in [1.165, 1.54) is 0 Å². The summed E-state index contributed by atoms with van der Waals surface area (Å²) in [5.74, 6) is 1.93. The second-order valence-corrected chi connectivity index (χ2v) is 9.47. The molecule has 8 heteroatoms. The van der Waals surface area contributed by atoms with Crippen LogP contribution < -0.4 is 38.4 Å². The van der Waals surface area contributed by atoms with Gasteiger partial charge in [0.1, 0.15) is 17.2 Å². The van der Waals surface area contributed by atoms with Crippen LogP contribution in [0.1, 0.15) is 71.1 Å². The smallest absolute Gasteiger partial charge is 1.00 e. The van der Waals surface area contributed by atoms with Crippen LogP contribution >= 0.6 is 31.8 Å². The van der Waals surface area contributed by atoms with E-state index in [4.69, 9.17) is 37.4 Å². The van der Waals surface area contributed by atoms with Crippen LogP contribution in [-0.4, -0.2) is 25.3 Å². The van der Waals surface area contributed by atoms with Crippen molar-refractivity contribution in [1.82, 2.24) is 0 Å². The Balaban J connectivity index is 0.00000544. The minimum absolute atomic E-state index is 0. The summed E-state index contributed by atoms with van der Waals surface area (Å²) in [6, 6.07) is 8.80. The molecule has 0 aliphatic rings. The molecule has 1 unspecified atom stereocenters. The van der Waals surface area contributed by atoms with Gasteiger partial charge in [-0.1, -0.05) is 69.3 Å². The first-order valence-electron chi connectivity index (χ1n) is 11.3.